The number of urea groups is 1. The maximum Gasteiger partial charge on any atom is 0.338 e. The van der Waals surface area contributed by atoms with E-state index in [-0.39, 0.29) is 5.69 Å². The molecule has 0 spiro atoms. The van der Waals surface area contributed by atoms with Gasteiger partial charge < -0.3 is 10.4 Å². The van der Waals surface area contributed by atoms with Gasteiger partial charge in [0.25, 0.3) is 0 Å². The number of carboxylic acid groups (broad SMARTS) is 1. The Morgan fingerprint density at radius 3 is 2.74 bits per heavy atom. The number of rotatable bonds is 3. The van der Waals surface area contributed by atoms with Crippen LogP contribution in [-0.4, -0.2) is 26.7 Å². The lowest BCUT2D eigenvalue weighted by molar-refractivity contribution is 0.0692. The predicted molar refractivity (Wildman–Crippen MR) is 65.9 cm³/mol. The monoisotopic (exact) mass is 282 g/mol. The van der Waals surface area contributed by atoms with Gasteiger partial charge in [0.05, 0.1) is 11.8 Å². The van der Waals surface area contributed by atoms with Gasteiger partial charge in [0.1, 0.15) is 10.8 Å². The summed E-state index contributed by atoms with van der Waals surface area (Å²) in [5.74, 6) is -2.28. The number of carbonyl (C=O) groups excluding carboxylic acids is 1. The Morgan fingerprint density at radius 2 is 2.11 bits per heavy atom. The number of hydrogen-bond donors (Lipinski definition) is 3. The van der Waals surface area contributed by atoms with Crippen LogP contribution >= 0.6 is 11.5 Å². The molecule has 0 aliphatic heterocycles. The summed E-state index contributed by atoms with van der Waals surface area (Å²) in [5, 5.41) is 17.5. The summed E-state index contributed by atoms with van der Waals surface area (Å²) in [7, 11) is 0. The largest absolute Gasteiger partial charge is 0.478 e. The highest BCUT2D eigenvalue weighted by molar-refractivity contribution is 7.10. The Labute approximate surface area is 110 Å². The van der Waals surface area contributed by atoms with Gasteiger partial charge in [-0.3, -0.25) is 5.32 Å². The molecule has 0 saturated heterocycles. The van der Waals surface area contributed by atoms with Crippen molar-refractivity contribution in [1.82, 2.24) is 9.59 Å². The average Bonchev–Trinajstić information content (AvgIpc) is 2.84. The van der Waals surface area contributed by atoms with Gasteiger partial charge in [-0.25, -0.2) is 14.0 Å². The van der Waals surface area contributed by atoms with E-state index < -0.39 is 23.4 Å². The summed E-state index contributed by atoms with van der Waals surface area (Å²) in [6, 6.07) is 2.65. The second kappa shape index (κ2) is 5.40. The first-order valence-electron chi connectivity index (χ1n) is 4.94. The highest BCUT2D eigenvalue weighted by Crippen LogP contribution is 2.16. The van der Waals surface area contributed by atoms with Crippen molar-refractivity contribution in [2.75, 3.05) is 10.6 Å². The van der Waals surface area contributed by atoms with E-state index in [4.69, 9.17) is 5.11 Å². The fourth-order valence-electron chi connectivity index (χ4n) is 1.26. The molecule has 9 heteroatoms. The lowest BCUT2D eigenvalue weighted by Crippen LogP contribution is -2.19. The Bertz CT molecular complexity index is 617. The number of hydrogen-bond acceptors (Lipinski definition) is 5. The average molecular weight is 282 g/mol. The molecule has 7 nitrogen and oxygen atoms in total. The third-order valence-corrected chi connectivity index (χ3v) is 2.63. The molecule has 3 N–H and O–H groups in total. The number of nitrogens with one attached hydrogen (secondary N) is 2. The highest BCUT2D eigenvalue weighted by Gasteiger charge is 2.12. The lowest BCUT2D eigenvalue weighted by Gasteiger charge is -2.06. The SMILES string of the molecule is O=C(Nc1ccc(F)c(C(=O)O)c1)Nc1cnns1. The van der Waals surface area contributed by atoms with Crippen molar-refractivity contribution < 1.29 is 19.1 Å². The zero-order chi connectivity index (χ0) is 13.8. The second-order valence-electron chi connectivity index (χ2n) is 3.36. The highest BCUT2D eigenvalue weighted by atomic mass is 32.1. The van der Waals surface area contributed by atoms with Crippen molar-refractivity contribution in [2.45, 2.75) is 0 Å². The zero-order valence-electron chi connectivity index (χ0n) is 9.25. The number of halogens is 1. The molecule has 1 aromatic carbocycles. The van der Waals surface area contributed by atoms with Gasteiger partial charge in [0.15, 0.2) is 0 Å². The molecule has 0 atom stereocenters. The fraction of sp³-hybridized carbons (Fsp3) is 0. The van der Waals surface area contributed by atoms with Crippen LogP contribution in [0.2, 0.25) is 0 Å². The van der Waals surface area contributed by atoms with Gasteiger partial charge in [-0.2, -0.15) is 0 Å². The molecular weight excluding hydrogens is 275 g/mol. The minimum atomic E-state index is -1.41. The number of amides is 2. The van der Waals surface area contributed by atoms with E-state index in [0.29, 0.717) is 5.00 Å². The Balaban J connectivity index is 2.09. The molecule has 0 fully saturated rings. The van der Waals surface area contributed by atoms with Crippen molar-refractivity contribution in [1.29, 1.82) is 0 Å². The smallest absolute Gasteiger partial charge is 0.338 e. The first-order valence-corrected chi connectivity index (χ1v) is 5.72. The van der Waals surface area contributed by atoms with Crippen LogP contribution in [0.5, 0.6) is 0 Å². The van der Waals surface area contributed by atoms with E-state index in [1.54, 1.807) is 0 Å². The Kier molecular flexibility index (Phi) is 3.66. The van der Waals surface area contributed by atoms with Crippen LogP contribution in [0.15, 0.2) is 24.4 Å². The summed E-state index contributed by atoms with van der Waals surface area (Å²) in [5.41, 5.74) is -0.356. The van der Waals surface area contributed by atoms with E-state index in [1.165, 1.54) is 12.3 Å². The molecule has 2 amide bonds. The van der Waals surface area contributed by atoms with E-state index in [2.05, 4.69) is 20.2 Å². The summed E-state index contributed by atoms with van der Waals surface area (Å²) in [6.45, 7) is 0. The van der Waals surface area contributed by atoms with E-state index in [0.717, 1.165) is 23.7 Å². The van der Waals surface area contributed by atoms with Crippen molar-refractivity contribution >= 4 is 34.2 Å². The predicted octanol–water partition coefficient (Wildman–Crippen LogP) is 2.02. The number of carboxylic acids is 1. The van der Waals surface area contributed by atoms with Gasteiger partial charge in [-0.1, -0.05) is 4.49 Å². The summed E-state index contributed by atoms with van der Waals surface area (Å²) in [4.78, 5) is 22.3. The van der Waals surface area contributed by atoms with Crippen LogP contribution in [0.1, 0.15) is 10.4 Å². The van der Waals surface area contributed by atoms with Crippen LogP contribution < -0.4 is 10.6 Å². The van der Waals surface area contributed by atoms with Crippen molar-refractivity contribution in [3.63, 3.8) is 0 Å². The number of carbonyl (C=O) groups is 2. The van der Waals surface area contributed by atoms with Crippen LogP contribution in [-0.2, 0) is 0 Å². The molecule has 0 unspecified atom stereocenters. The van der Waals surface area contributed by atoms with Gasteiger partial charge in [-0.05, 0) is 18.2 Å². The third kappa shape index (κ3) is 3.22. The molecule has 2 aromatic rings. The number of anilines is 2. The molecular formula is C10H7FN4O3S. The van der Waals surface area contributed by atoms with E-state index >= 15 is 0 Å². The molecule has 1 heterocycles. The number of nitrogens with zero attached hydrogens (tertiary/aromatic N) is 2. The molecule has 0 radical (unpaired) electrons. The normalized spacial score (nSPS) is 9.95. The lowest BCUT2D eigenvalue weighted by atomic mass is 10.2. The number of aromatic carboxylic acids is 1. The van der Waals surface area contributed by atoms with Crippen LogP contribution in [0.3, 0.4) is 0 Å². The second-order valence-corrected chi connectivity index (χ2v) is 4.15. The standard InChI is InChI=1S/C10H7FN4O3S/c11-7-2-1-5(3-6(7)9(16)17)13-10(18)14-8-4-12-15-19-8/h1-4H,(H,16,17)(H2,13,14,18). The zero-order valence-corrected chi connectivity index (χ0v) is 10.1. The molecule has 0 saturated carbocycles. The van der Waals surface area contributed by atoms with Gasteiger partial charge in [-0.15, -0.1) is 5.10 Å². The quantitative estimate of drug-likeness (QED) is 0.798. The van der Waals surface area contributed by atoms with Gasteiger partial charge in [0.2, 0.25) is 0 Å². The summed E-state index contributed by atoms with van der Waals surface area (Å²) in [6.07, 6.45) is 1.36. The van der Waals surface area contributed by atoms with Crippen molar-refractivity contribution in [3.8, 4) is 0 Å². The number of benzene rings is 1. The molecule has 0 aliphatic rings. The van der Waals surface area contributed by atoms with Crippen LogP contribution in [0.25, 0.3) is 0 Å². The van der Waals surface area contributed by atoms with Gasteiger partial charge in [0, 0.05) is 17.2 Å². The summed E-state index contributed by atoms with van der Waals surface area (Å²) >= 11 is 0.985. The first-order chi connectivity index (χ1) is 9.06. The minimum absolute atomic E-state index is 0.161. The fourth-order valence-corrected chi connectivity index (χ4v) is 1.68. The Hall–Kier alpha value is -2.55. The van der Waals surface area contributed by atoms with Crippen LogP contribution in [0.4, 0.5) is 19.9 Å². The molecule has 19 heavy (non-hydrogen) atoms. The van der Waals surface area contributed by atoms with E-state index in [9.17, 15) is 14.0 Å². The minimum Gasteiger partial charge on any atom is -0.478 e. The topological polar surface area (TPSA) is 104 Å². The Morgan fingerprint density at radius 1 is 1.32 bits per heavy atom. The van der Waals surface area contributed by atoms with Crippen molar-refractivity contribution in [3.05, 3.63) is 35.8 Å². The van der Waals surface area contributed by atoms with E-state index in [1.807, 2.05) is 0 Å². The molecule has 2 rings (SSSR count). The molecule has 98 valence electrons. The number of aromatic nitrogens is 2. The van der Waals surface area contributed by atoms with Crippen LogP contribution in [0, 0.1) is 5.82 Å². The molecule has 1 aromatic heterocycles. The van der Waals surface area contributed by atoms with Gasteiger partial charge >= 0.3 is 12.0 Å². The summed E-state index contributed by atoms with van der Waals surface area (Å²) < 4.78 is 16.7. The molecule has 0 bridgehead atoms. The maximum atomic E-state index is 13.1. The maximum absolute atomic E-state index is 13.1. The van der Waals surface area contributed by atoms with Crippen molar-refractivity contribution in [2.24, 2.45) is 0 Å². The molecule has 0 aliphatic carbocycles. The first kappa shape index (κ1) is 12.9. The third-order valence-electron chi connectivity index (χ3n) is 2.05.